The minimum atomic E-state index is -0.695. The Balaban J connectivity index is 1.83. The van der Waals surface area contributed by atoms with E-state index in [-0.39, 0.29) is 30.4 Å². The predicted molar refractivity (Wildman–Crippen MR) is 114 cm³/mol. The molecule has 3 N–H and O–H groups in total. The third kappa shape index (κ3) is 4.75. The van der Waals surface area contributed by atoms with Crippen molar-refractivity contribution < 1.29 is 4.79 Å². The normalized spacial score (nSPS) is 10.7. The van der Waals surface area contributed by atoms with Crippen LogP contribution in [0.5, 0.6) is 0 Å². The van der Waals surface area contributed by atoms with Gasteiger partial charge in [0.15, 0.2) is 5.69 Å². The van der Waals surface area contributed by atoms with Crippen molar-refractivity contribution >= 4 is 29.0 Å². The summed E-state index contributed by atoms with van der Waals surface area (Å²) >= 11 is 5.87. The number of benzene rings is 2. The van der Waals surface area contributed by atoms with E-state index in [9.17, 15) is 14.4 Å². The van der Waals surface area contributed by atoms with Gasteiger partial charge in [0.1, 0.15) is 5.82 Å². The molecule has 0 spiro atoms. The van der Waals surface area contributed by atoms with Crippen molar-refractivity contribution in [2.24, 2.45) is 0 Å². The maximum absolute atomic E-state index is 12.6. The van der Waals surface area contributed by atoms with E-state index in [1.165, 1.54) is 16.5 Å². The summed E-state index contributed by atoms with van der Waals surface area (Å²) < 4.78 is 1.25. The fourth-order valence-electron chi connectivity index (χ4n) is 3.02. The van der Waals surface area contributed by atoms with E-state index in [1.807, 2.05) is 42.5 Å². The second-order valence-corrected chi connectivity index (χ2v) is 7.08. The smallest absolute Gasteiger partial charge is 0.330 e. The Kier molecular flexibility index (Phi) is 6.19. The van der Waals surface area contributed by atoms with Crippen LogP contribution in [-0.2, 0) is 17.8 Å². The predicted octanol–water partition coefficient (Wildman–Crippen LogP) is 2.42. The molecule has 0 unspecified atom stereocenters. The summed E-state index contributed by atoms with van der Waals surface area (Å²) in [5, 5.41) is 0.622. The number of aryl methyl sites for hydroxylation is 1. The molecule has 2 aromatic carbocycles. The van der Waals surface area contributed by atoms with Gasteiger partial charge in [-0.1, -0.05) is 54.1 Å². The lowest BCUT2D eigenvalue weighted by molar-refractivity contribution is -0.118. The molecule has 3 rings (SSSR count). The van der Waals surface area contributed by atoms with Crippen molar-refractivity contribution in [2.45, 2.75) is 19.4 Å². The Morgan fingerprint density at radius 1 is 1.07 bits per heavy atom. The lowest BCUT2D eigenvalue weighted by atomic mass is 10.1. The fraction of sp³-hybridized carbons (Fsp3) is 0.190. The number of rotatable bonds is 6. The van der Waals surface area contributed by atoms with Crippen LogP contribution in [0, 0.1) is 0 Å². The van der Waals surface area contributed by atoms with Gasteiger partial charge in [0.25, 0.3) is 5.56 Å². The largest absolute Gasteiger partial charge is 0.383 e. The molecule has 0 saturated heterocycles. The SMILES string of the molecule is CN(C(=O)CCc1ccc(Cl)cc1)c1c(N)n(Cc2ccccc2)c(=O)[nH]c1=O. The van der Waals surface area contributed by atoms with E-state index in [2.05, 4.69) is 4.98 Å². The lowest BCUT2D eigenvalue weighted by Gasteiger charge is -2.20. The summed E-state index contributed by atoms with van der Waals surface area (Å²) in [4.78, 5) is 40.7. The van der Waals surface area contributed by atoms with E-state index >= 15 is 0 Å². The molecule has 0 bridgehead atoms. The minimum absolute atomic E-state index is 0.0402. The summed E-state index contributed by atoms with van der Waals surface area (Å²) in [6.45, 7) is 0.183. The van der Waals surface area contributed by atoms with Gasteiger partial charge >= 0.3 is 5.69 Å². The molecule has 29 heavy (non-hydrogen) atoms. The number of hydrogen-bond donors (Lipinski definition) is 2. The molecule has 0 saturated carbocycles. The number of nitrogens with two attached hydrogens (primary N) is 1. The molecule has 0 aliphatic carbocycles. The molecule has 0 aliphatic rings. The summed E-state index contributed by atoms with van der Waals surface area (Å²) in [6, 6.07) is 16.4. The third-order valence-corrected chi connectivity index (χ3v) is 4.90. The number of anilines is 2. The quantitative estimate of drug-likeness (QED) is 0.649. The van der Waals surface area contributed by atoms with Crippen molar-refractivity contribution in [3.05, 3.63) is 91.6 Å². The Morgan fingerprint density at radius 3 is 2.38 bits per heavy atom. The first-order valence-electron chi connectivity index (χ1n) is 9.04. The maximum Gasteiger partial charge on any atom is 0.330 e. The van der Waals surface area contributed by atoms with Crippen molar-refractivity contribution in [1.82, 2.24) is 9.55 Å². The molecular formula is C21H21ClN4O3. The van der Waals surface area contributed by atoms with Gasteiger partial charge in [-0.3, -0.25) is 19.1 Å². The van der Waals surface area contributed by atoms with Gasteiger partial charge in [-0.2, -0.15) is 0 Å². The first-order valence-corrected chi connectivity index (χ1v) is 9.42. The minimum Gasteiger partial charge on any atom is -0.383 e. The summed E-state index contributed by atoms with van der Waals surface area (Å²) in [5.74, 6) is -0.341. The first-order chi connectivity index (χ1) is 13.9. The van der Waals surface area contributed by atoms with Crippen LogP contribution in [0.3, 0.4) is 0 Å². The highest BCUT2D eigenvalue weighted by atomic mass is 35.5. The molecule has 3 aromatic rings. The highest BCUT2D eigenvalue weighted by Crippen LogP contribution is 2.18. The molecule has 1 aromatic heterocycles. The summed E-state index contributed by atoms with van der Waals surface area (Å²) in [7, 11) is 1.47. The number of nitrogens with one attached hydrogen (secondary N) is 1. The topological polar surface area (TPSA) is 101 Å². The summed E-state index contributed by atoms with van der Waals surface area (Å²) in [5.41, 5.74) is 6.57. The van der Waals surface area contributed by atoms with Gasteiger partial charge in [-0.05, 0) is 29.7 Å². The van der Waals surface area contributed by atoms with Crippen LogP contribution in [0.4, 0.5) is 11.5 Å². The molecule has 0 radical (unpaired) electrons. The van der Waals surface area contributed by atoms with E-state index in [0.29, 0.717) is 11.4 Å². The molecule has 7 nitrogen and oxygen atoms in total. The number of hydrogen-bond acceptors (Lipinski definition) is 4. The van der Waals surface area contributed by atoms with Crippen LogP contribution in [0.2, 0.25) is 5.02 Å². The zero-order chi connectivity index (χ0) is 21.0. The lowest BCUT2D eigenvalue weighted by Crippen LogP contribution is -2.39. The number of carbonyl (C=O) groups excluding carboxylic acids is 1. The average Bonchev–Trinajstić information content (AvgIpc) is 2.71. The van der Waals surface area contributed by atoms with Crippen LogP contribution in [0.25, 0.3) is 0 Å². The van der Waals surface area contributed by atoms with Crippen LogP contribution >= 0.6 is 11.6 Å². The standard InChI is InChI=1S/C21H21ClN4O3/c1-25(17(27)12-9-14-7-10-16(22)11-8-14)18-19(23)26(21(29)24-20(18)28)13-15-5-3-2-4-6-15/h2-8,10-11H,9,12-13,23H2,1H3,(H,24,28,29). The highest BCUT2D eigenvalue weighted by molar-refractivity contribution is 6.30. The monoisotopic (exact) mass is 412 g/mol. The Morgan fingerprint density at radius 2 is 1.72 bits per heavy atom. The van der Waals surface area contributed by atoms with Gasteiger partial charge in [-0.15, -0.1) is 0 Å². The van der Waals surface area contributed by atoms with Gasteiger partial charge in [0, 0.05) is 18.5 Å². The van der Waals surface area contributed by atoms with E-state index < -0.39 is 11.2 Å². The number of H-pyrrole nitrogens is 1. The van der Waals surface area contributed by atoms with Crippen LogP contribution < -0.4 is 21.9 Å². The Labute approximate surface area is 172 Å². The van der Waals surface area contributed by atoms with Crippen molar-refractivity contribution in [1.29, 1.82) is 0 Å². The van der Waals surface area contributed by atoms with Gasteiger partial charge in [-0.25, -0.2) is 4.79 Å². The number of halogens is 1. The van der Waals surface area contributed by atoms with Gasteiger partial charge in [0.05, 0.1) is 6.54 Å². The zero-order valence-electron chi connectivity index (χ0n) is 15.9. The molecule has 0 atom stereocenters. The van der Waals surface area contributed by atoms with E-state index in [4.69, 9.17) is 17.3 Å². The molecular weight excluding hydrogens is 392 g/mol. The second kappa shape index (κ2) is 8.79. The Bertz CT molecular complexity index is 1120. The fourth-order valence-corrected chi connectivity index (χ4v) is 3.15. The molecule has 0 aliphatic heterocycles. The third-order valence-electron chi connectivity index (χ3n) is 4.65. The molecule has 0 fully saturated rings. The molecule has 1 amide bonds. The van der Waals surface area contributed by atoms with Gasteiger partial charge in [0.2, 0.25) is 5.91 Å². The molecule has 8 heteroatoms. The van der Waals surface area contributed by atoms with Gasteiger partial charge < -0.3 is 10.6 Å². The Hall–Kier alpha value is -3.32. The number of carbonyl (C=O) groups is 1. The van der Waals surface area contributed by atoms with Crippen LogP contribution in [0.1, 0.15) is 17.5 Å². The van der Waals surface area contributed by atoms with E-state index in [0.717, 1.165) is 11.1 Å². The second-order valence-electron chi connectivity index (χ2n) is 6.64. The van der Waals surface area contributed by atoms with Crippen molar-refractivity contribution in [2.75, 3.05) is 17.7 Å². The van der Waals surface area contributed by atoms with Crippen LogP contribution in [0.15, 0.2) is 64.2 Å². The number of aromatic amines is 1. The number of amides is 1. The summed E-state index contributed by atoms with van der Waals surface area (Å²) in [6.07, 6.45) is 0.663. The number of nitrogens with zero attached hydrogens (tertiary/aromatic N) is 2. The first kappa shape index (κ1) is 20.4. The molecule has 150 valence electrons. The average molecular weight is 413 g/mol. The maximum atomic E-state index is 12.6. The number of aromatic nitrogens is 2. The van der Waals surface area contributed by atoms with Crippen LogP contribution in [-0.4, -0.2) is 22.5 Å². The zero-order valence-corrected chi connectivity index (χ0v) is 16.6. The van der Waals surface area contributed by atoms with E-state index in [1.54, 1.807) is 12.1 Å². The highest BCUT2D eigenvalue weighted by Gasteiger charge is 2.21. The van der Waals surface area contributed by atoms with Crippen molar-refractivity contribution in [3.63, 3.8) is 0 Å². The molecule has 1 heterocycles. The van der Waals surface area contributed by atoms with Crippen molar-refractivity contribution in [3.8, 4) is 0 Å². The number of nitrogen functional groups attached to an aromatic ring is 1.